The van der Waals surface area contributed by atoms with E-state index in [1.165, 1.54) is 12.1 Å². The number of rotatable bonds is 3. The fourth-order valence-corrected chi connectivity index (χ4v) is 2.18. The number of nitrogens with one attached hydrogen (secondary N) is 1. The summed E-state index contributed by atoms with van der Waals surface area (Å²) in [5.41, 5.74) is 0.583. The summed E-state index contributed by atoms with van der Waals surface area (Å²) < 4.78 is 25.7. The van der Waals surface area contributed by atoms with Crippen LogP contribution in [-0.4, -0.2) is 0 Å². The first-order valence-electron chi connectivity index (χ1n) is 4.92. The fourth-order valence-electron chi connectivity index (χ4n) is 1.44. The van der Waals surface area contributed by atoms with Gasteiger partial charge in [-0.1, -0.05) is 6.07 Å². The molecule has 0 bridgehead atoms. The Hall–Kier alpha value is -1.42. The molecule has 2 rings (SSSR count). The van der Waals surface area contributed by atoms with E-state index in [4.69, 9.17) is 0 Å². The molecule has 0 aliphatic heterocycles. The topological polar surface area (TPSA) is 12.0 Å². The van der Waals surface area contributed by atoms with Crippen molar-refractivity contribution in [2.45, 2.75) is 13.0 Å². The van der Waals surface area contributed by atoms with Gasteiger partial charge in [-0.25, -0.2) is 8.78 Å². The molecular formula is C12H11F2NS. The Balaban J connectivity index is 2.12. The Labute approximate surface area is 96.7 Å². The molecule has 16 heavy (non-hydrogen) atoms. The summed E-state index contributed by atoms with van der Waals surface area (Å²) in [5.74, 6) is -1.65. The molecule has 1 aromatic carbocycles. The molecule has 0 fully saturated rings. The highest BCUT2D eigenvalue weighted by Crippen LogP contribution is 2.23. The molecule has 0 saturated carbocycles. The zero-order valence-electron chi connectivity index (χ0n) is 8.71. The Bertz CT molecular complexity index is 468. The van der Waals surface area contributed by atoms with Gasteiger partial charge in [0, 0.05) is 16.6 Å². The van der Waals surface area contributed by atoms with E-state index in [9.17, 15) is 8.78 Å². The monoisotopic (exact) mass is 239 g/mol. The van der Waals surface area contributed by atoms with E-state index in [1.807, 2.05) is 24.4 Å². The fraction of sp³-hybridized carbons (Fsp3) is 0.167. The Morgan fingerprint density at radius 2 is 2.00 bits per heavy atom. The van der Waals surface area contributed by atoms with Gasteiger partial charge in [0.2, 0.25) is 0 Å². The minimum atomic E-state index is -0.830. The molecule has 1 aromatic heterocycles. The third kappa shape index (κ3) is 2.39. The van der Waals surface area contributed by atoms with Crippen LogP contribution in [0.25, 0.3) is 0 Å². The molecule has 1 heterocycles. The summed E-state index contributed by atoms with van der Waals surface area (Å²) in [4.78, 5) is 1.16. The SMILES string of the molecule is CC(Nc1ccc(F)c(F)c1)c1cccs1. The van der Waals surface area contributed by atoms with Crippen LogP contribution in [0.2, 0.25) is 0 Å². The number of hydrogen-bond acceptors (Lipinski definition) is 2. The molecule has 1 N–H and O–H groups in total. The lowest BCUT2D eigenvalue weighted by Crippen LogP contribution is -2.05. The molecule has 0 spiro atoms. The van der Waals surface area contributed by atoms with Crippen LogP contribution in [0.1, 0.15) is 17.8 Å². The van der Waals surface area contributed by atoms with E-state index >= 15 is 0 Å². The highest BCUT2D eigenvalue weighted by molar-refractivity contribution is 7.10. The van der Waals surface area contributed by atoms with Gasteiger partial charge in [0.15, 0.2) is 11.6 Å². The molecule has 1 unspecified atom stereocenters. The first-order chi connectivity index (χ1) is 7.66. The zero-order valence-corrected chi connectivity index (χ0v) is 9.52. The Morgan fingerprint density at radius 1 is 1.19 bits per heavy atom. The molecule has 2 aromatic rings. The van der Waals surface area contributed by atoms with E-state index in [1.54, 1.807) is 11.3 Å². The van der Waals surface area contributed by atoms with Crippen molar-refractivity contribution in [1.82, 2.24) is 0 Å². The van der Waals surface area contributed by atoms with Crippen LogP contribution in [0.4, 0.5) is 14.5 Å². The van der Waals surface area contributed by atoms with Crippen molar-refractivity contribution in [1.29, 1.82) is 0 Å². The number of anilines is 1. The number of benzene rings is 1. The van der Waals surface area contributed by atoms with Crippen molar-refractivity contribution in [3.63, 3.8) is 0 Å². The van der Waals surface area contributed by atoms with Gasteiger partial charge >= 0.3 is 0 Å². The molecule has 0 aliphatic rings. The van der Waals surface area contributed by atoms with Crippen molar-refractivity contribution in [3.05, 3.63) is 52.2 Å². The second kappa shape index (κ2) is 4.61. The Morgan fingerprint density at radius 3 is 2.62 bits per heavy atom. The van der Waals surface area contributed by atoms with Gasteiger partial charge in [0.25, 0.3) is 0 Å². The van der Waals surface area contributed by atoms with Crippen LogP contribution in [-0.2, 0) is 0 Å². The molecule has 0 amide bonds. The quantitative estimate of drug-likeness (QED) is 0.846. The van der Waals surface area contributed by atoms with E-state index in [2.05, 4.69) is 5.32 Å². The predicted octanol–water partition coefficient (Wildman–Crippen LogP) is 4.20. The van der Waals surface area contributed by atoms with Crippen LogP contribution < -0.4 is 5.32 Å². The van der Waals surface area contributed by atoms with Crippen molar-refractivity contribution in [2.75, 3.05) is 5.32 Å². The van der Waals surface area contributed by atoms with Crippen LogP contribution >= 0.6 is 11.3 Å². The van der Waals surface area contributed by atoms with Crippen molar-refractivity contribution in [2.24, 2.45) is 0 Å². The molecule has 1 atom stereocenters. The normalized spacial score (nSPS) is 12.4. The standard InChI is InChI=1S/C12H11F2NS/c1-8(12-3-2-6-16-12)15-9-4-5-10(13)11(14)7-9/h2-8,15H,1H3. The highest BCUT2D eigenvalue weighted by atomic mass is 32.1. The summed E-state index contributed by atoms with van der Waals surface area (Å²) in [6, 6.07) is 7.87. The summed E-state index contributed by atoms with van der Waals surface area (Å²) in [6.07, 6.45) is 0. The second-order valence-electron chi connectivity index (χ2n) is 3.51. The molecular weight excluding hydrogens is 228 g/mol. The van der Waals surface area contributed by atoms with Gasteiger partial charge in [-0.05, 0) is 30.5 Å². The maximum absolute atomic E-state index is 13.0. The van der Waals surface area contributed by atoms with Crippen LogP contribution in [0.15, 0.2) is 35.7 Å². The largest absolute Gasteiger partial charge is 0.378 e. The van der Waals surface area contributed by atoms with Crippen molar-refractivity contribution in [3.8, 4) is 0 Å². The molecule has 4 heteroatoms. The lowest BCUT2D eigenvalue weighted by Gasteiger charge is -2.13. The van der Waals surface area contributed by atoms with E-state index < -0.39 is 11.6 Å². The smallest absolute Gasteiger partial charge is 0.160 e. The molecule has 1 nitrogen and oxygen atoms in total. The summed E-state index contributed by atoms with van der Waals surface area (Å²) in [5, 5.41) is 5.10. The van der Waals surface area contributed by atoms with E-state index in [0.717, 1.165) is 10.9 Å². The molecule has 0 aliphatic carbocycles. The van der Waals surface area contributed by atoms with Crippen molar-refractivity contribution >= 4 is 17.0 Å². The van der Waals surface area contributed by atoms with Crippen LogP contribution in [0.3, 0.4) is 0 Å². The third-order valence-corrected chi connectivity index (χ3v) is 3.33. The van der Waals surface area contributed by atoms with Crippen molar-refractivity contribution < 1.29 is 8.78 Å². The molecule has 84 valence electrons. The van der Waals surface area contributed by atoms with Gasteiger partial charge in [-0.3, -0.25) is 0 Å². The van der Waals surface area contributed by atoms with Crippen LogP contribution in [0, 0.1) is 11.6 Å². The van der Waals surface area contributed by atoms with E-state index in [0.29, 0.717) is 5.69 Å². The van der Waals surface area contributed by atoms with Gasteiger partial charge in [0.05, 0.1) is 6.04 Å². The molecule has 0 radical (unpaired) electrons. The maximum Gasteiger partial charge on any atom is 0.160 e. The number of hydrogen-bond donors (Lipinski definition) is 1. The minimum absolute atomic E-state index is 0.0878. The summed E-state index contributed by atoms with van der Waals surface area (Å²) in [7, 11) is 0. The number of thiophene rings is 1. The molecule has 0 saturated heterocycles. The highest BCUT2D eigenvalue weighted by Gasteiger charge is 2.08. The predicted molar refractivity (Wildman–Crippen MR) is 62.7 cm³/mol. The lowest BCUT2D eigenvalue weighted by molar-refractivity contribution is 0.509. The summed E-state index contributed by atoms with van der Waals surface area (Å²) in [6.45, 7) is 1.98. The van der Waals surface area contributed by atoms with Gasteiger partial charge in [-0.2, -0.15) is 0 Å². The average Bonchev–Trinajstić information content (AvgIpc) is 2.77. The number of halogens is 2. The van der Waals surface area contributed by atoms with E-state index in [-0.39, 0.29) is 6.04 Å². The van der Waals surface area contributed by atoms with Gasteiger partial charge in [-0.15, -0.1) is 11.3 Å². The first kappa shape index (κ1) is 11.1. The second-order valence-corrected chi connectivity index (χ2v) is 4.49. The van der Waals surface area contributed by atoms with Gasteiger partial charge in [0.1, 0.15) is 0 Å². The summed E-state index contributed by atoms with van der Waals surface area (Å²) >= 11 is 1.63. The minimum Gasteiger partial charge on any atom is -0.378 e. The lowest BCUT2D eigenvalue weighted by atomic mass is 10.2. The average molecular weight is 239 g/mol. The zero-order chi connectivity index (χ0) is 11.5. The maximum atomic E-state index is 13.0. The first-order valence-corrected chi connectivity index (χ1v) is 5.80. The third-order valence-electron chi connectivity index (χ3n) is 2.27. The Kier molecular flexibility index (Phi) is 3.19. The van der Waals surface area contributed by atoms with Gasteiger partial charge < -0.3 is 5.32 Å². The van der Waals surface area contributed by atoms with Crippen LogP contribution in [0.5, 0.6) is 0 Å².